The van der Waals surface area contributed by atoms with E-state index in [1.165, 1.54) is 0 Å². The van der Waals surface area contributed by atoms with Crippen molar-refractivity contribution in [3.8, 4) is 0 Å². The second-order valence-electron chi connectivity index (χ2n) is 5.43. The van der Waals surface area contributed by atoms with Crippen molar-refractivity contribution in [2.75, 3.05) is 19.0 Å². The largest absolute Gasteiger partial charge is 0.375 e. The molecule has 2 atom stereocenters. The van der Waals surface area contributed by atoms with Gasteiger partial charge in [-0.15, -0.1) is 0 Å². The summed E-state index contributed by atoms with van der Waals surface area (Å²) < 4.78 is 13.8. The summed E-state index contributed by atoms with van der Waals surface area (Å²) in [4.78, 5) is 1.77. The van der Waals surface area contributed by atoms with Crippen LogP contribution in [0.2, 0.25) is 0 Å². The quantitative estimate of drug-likeness (QED) is 0.832. The van der Waals surface area contributed by atoms with Crippen molar-refractivity contribution >= 4 is 5.69 Å². The van der Waals surface area contributed by atoms with E-state index < -0.39 is 0 Å². The molecule has 2 unspecified atom stereocenters. The summed E-state index contributed by atoms with van der Waals surface area (Å²) in [7, 11) is 3.68. The highest BCUT2D eigenvalue weighted by Gasteiger charge is 2.56. The summed E-state index contributed by atoms with van der Waals surface area (Å²) in [5.74, 6) is 0.121. The maximum absolute atomic E-state index is 13.8. The lowest BCUT2D eigenvalue weighted by Gasteiger charge is -2.14. The van der Waals surface area contributed by atoms with Crippen molar-refractivity contribution in [3.63, 3.8) is 0 Å². The minimum absolute atomic E-state index is 0.103. The lowest BCUT2D eigenvalue weighted by molar-refractivity contribution is 0.594. The predicted molar refractivity (Wildman–Crippen MR) is 65.2 cm³/mol. The van der Waals surface area contributed by atoms with Crippen molar-refractivity contribution < 1.29 is 4.39 Å². The Bertz CT molecular complexity index is 412. The van der Waals surface area contributed by atoms with E-state index in [-0.39, 0.29) is 17.3 Å². The van der Waals surface area contributed by atoms with Crippen molar-refractivity contribution in [1.29, 1.82) is 0 Å². The number of hydrogen-bond donors (Lipinski definition) is 1. The molecular formula is C13H19FN2. The average molecular weight is 222 g/mol. The van der Waals surface area contributed by atoms with Gasteiger partial charge in [-0.1, -0.05) is 19.9 Å². The topological polar surface area (TPSA) is 29.3 Å². The van der Waals surface area contributed by atoms with Gasteiger partial charge in [-0.25, -0.2) is 4.39 Å². The average Bonchev–Trinajstić information content (AvgIpc) is 2.65. The molecule has 0 saturated heterocycles. The third kappa shape index (κ3) is 1.59. The molecule has 1 saturated carbocycles. The van der Waals surface area contributed by atoms with Crippen molar-refractivity contribution in [2.24, 2.45) is 11.1 Å². The Morgan fingerprint density at radius 3 is 2.25 bits per heavy atom. The van der Waals surface area contributed by atoms with Crippen molar-refractivity contribution in [1.82, 2.24) is 0 Å². The van der Waals surface area contributed by atoms with Gasteiger partial charge in [-0.05, 0) is 23.1 Å². The molecule has 0 amide bonds. The van der Waals surface area contributed by atoms with Crippen LogP contribution in [0.3, 0.4) is 0 Å². The van der Waals surface area contributed by atoms with Crippen LogP contribution >= 0.6 is 0 Å². The van der Waals surface area contributed by atoms with Gasteiger partial charge in [0, 0.05) is 26.1 Å². The molecular weight excluding hydrogens is 203 g/mol. The van der Waals surface area contributed by atoms with E-state index in [9.17, 15) is 4.39 Å². The number of benzene rings is 1. The Morgan fingerprint density at radius 1 is 1.31 bits per heavy atom. The summed E-state index contributed by atoms with van der Waals surface area (Å²) in [6.45, 7) is 4.25. The number of halogens is 1. The maximum Gasteiger partial charge on any atom is 0.146 e. The summed E-state index contributed by atoms with van der Waals surface area (Å²) in [6, 6.07) is 5.58. The molecule has 0 radical (unpaired) electrons. The minimum Gasteiger partial charge on any atom is -0.375 e. The van der Waals surface area contributed by atoms with E-state index in [2.05, 4.69) is 13.8 Å². The maximum atomic E-state index is 13.8. The molecule has 0 heterocycles. The van der Waals surface area contributed by atoms with Gasteiger partial charge < -0.3 is 10.6 Å². The van der Waals surface area contributed by atoms with Crippen molar-refractivity contribution in [2.45, 2.75) is 25.8 Å². The molecule has 0 aromatic heterocycles. The van der Waals surface area contributed by atoms with Crippen LogP contribution in [0.1, 0.15) is 25.3 Å². The monoisotopic (exact) mass is 222 g/mol. The van der Waals surface area contributed by atoms with E-state index in [1.54, 1.807) is 11.0 Å². The Labute approximate surface area is 96.2 Å². The first-order valence-corrected chi connectivity index (χ1v) is 5.58. The number of anilines is 1. The van der Waals surface area contributed by atoms with Gasteiger partial charge in [0.25, 0.3) is 0 Å². The molecule has 1 aliphatic rings. The number of nitrogens with zero attached hydrogens (tertiary/aromatic N) is 1. The zero-order valence-electron chi connectivity index (χ0n) is 10.3. The Kier molecular flexibility index (Phi) is 2.46. The lowest BCUT2D eigenvalue weighted by atomic mass is 10.0. The third-order valence-electron chi connectivity index (χ3n) is 3.72. The number of hydrogen-bond acceptors (Lipinski definition) is 2. The summed E-state index contributed by atoms with van der Waals surface area (Å²) >= 11 is 0. The van der Waals surface area contributed by atoms with E-state index in [0.29, 0.717) is 11.6 Å². The first-order chi connectivity index (χ1) is 7.35. The molecule has 1 fully saturated rings. The fourth-order valence-corrected chi connectivity index (χ4v) is 2.39. The Balaban J connectivity index is 2.30. The summed E-state index contributed by atoms with van der Waals surface area (Å²) in [5, 5.41) is 0. The zero-order valence-corrected chi connectivity index (χ0v) is 10.3. The highest BCUT2D eigenvalue weighted by atomic mass is 19.1. The molecule has 0 spiro atoms. The normalized spacial score (nSPS) is 26.6. The van der Waals surface area contributed by atoms with Crippen molar-refractivity contribution in [3.05, 3.63) is 29.6 Å². The van der Waals surface area contributed by atoms with Gasteiger partial charge in [-0.2, -0.15) is 0 Å². The van der Waals surface area contributed by atoms with Crippen LogP contribution in [-0.4, -0.2) is 20.1 Å². The second-order valence-corrected chi connectivity index (χ2v) is 5.43. The van der Waals surface area contributed by atoms with Crippen LogP contribution in [0, 0.1) is 11.2 Å². The molecule has 88 valence electrons. The number of rotatable bonds is 2. The van der Waals surface area contributed by atoms with E-state index in [1.807, 2.05) is 26.2 Å². The molecule has 1 aromatic carbocycles. The molecule has 3 heteroatoms. The predicted octanol–water partition coefficient (Wildman–Crippen LogP) is 2.34. The van der Waals surface area contributed by atoms with Crippen LogP contribution in [0.5, 0.6) is 0 Å². The van der Waals surface area contributed by atoms with E-state index >= 15 is 0 Å². The summed E-state index contributed by atoms with van der Waals surface area (Å²) in [5.41, 5.74) is 7.73. The summed E-state index contributed by atoms with van der Waals surface area (Å²) in [6.07, 6.45) is 0. The van der Waals surface area contributed by atoms with Crippen LogP contribution in [0.25, 0.3) is 0 Å². The van der Waals surface area contributed by atoms with E-state index in [4.69, 9.17) is 5.73 Å². The molecule has 16 heavy (non-hydrogen) atoms. The highest BCUT2D eigenvalue weighted by Crippen LogP contribution is 2.57. The van der Waals surface area contributed by atoms with Gasteiger partial charge in [0.05, 0.1) is 5.69 Å². The molecule has 1 aromatic rings. The van der Waals surface area contributed by atoms with Gasteiger partial charge >= 0.3 is 0 Å². The van der Waals surface area contributed by atoms with Gasteiger partial charge in [0.1, 0.15) is 5.82 Å². The molecule has 0 aliphatic heterocycles. The van der Waals surface area contributed by atoms with Gasteiger partial charge in [0.2, 0.25) is 0 Å². The standard InChI is InChI=1S/C13H19FN2/c1-13(2)11(12(13)15)8-5-6-10(16(3)4)9(14)7-8/h5-7,11-12H,15H2,1-4H3. The van der Waals surface area contributed by atoms with E-state index in [0.717, 1.165) is 5.56 Å². The fraction of sp³-hybridized carbons (Fsp3) is 0.538. The third-order valence-corrected chi connectivity index (χ3v) is 3.72. The number of nitrogens with two attached hydrogens (primary N) is 1. The fourth-order valence-electron chi connectivity index (χ4n) is 2.39. The second kappa shape index (κ2) is 3.45. The highest BCUT2D eigenvalue weighted by molar-refractivity contribution is 5.50. The SMILES string of the molecule is CN(C)c1ccc(C2C(N)C2(C)C)cc1F. The minimum atomic E-state index is -0.169. The van der Waals surface area contributed by atoms with Gasteiger partial charge in [-0.3, -0.25) is 0 Å². The molecule has 0 bridgehead atoms. The van der Waals surface area contributed by atoms with Gasteiger partial charge in [0.15, 0.2) is 0 Å². The lowest BCUT2D eigenvalue weighted by Crippen LogP contribution is -2.11. The first kappa shape index (κ1) is 11.4. The van der Waals surface area contributed by atoms with Crippen LogP contribution in [0.15, 0.2) is 18.2 Å². The smallest absolute Gasteiger partial charge is 0.146 e. The molecule has 2 N–H and O–H groups in total. The van der Waals surface area contributed by atoms with Crippen LogP contribution in [0.4, 0.5) is 10.1 Å². The molecule has 2 nitrogen and oxygen atoms in total. The molecule has 2 rings (SSSR count). The Hall–Kier alpha value is -1.09. The van der Waals surface area contributed by atoms with Crippen LogP contribution < -0.4 is 10.6 Å². The Morgan fingerprint density at radius 2 is 1.88 bits per heavy atom. The van der Waals surface area contributed by atoms with Crippen LogP contribution in [-0.2, 0) is 0 Å². The molecule has 1 aliphatic carbocycles. The first-order valence-electron chi connectivity index (χ1n) is 5.58. The zero-order chi connectivity index (χ0) is 12.1.